The summed E-state index contributed by atoms with van der Waals surface area (Å²) in [6.45, 7) is 1.63. The van der Waals surface area contributed by atoms with Gasteiger partial charge in [-0.25, -0.2) is 0 Å². The van der Waals surface area contributed by atoms with Crippen molar-refractivity contribution in [3.05, 3.63) is 4.98 Å². The molecular formula is C3H5N2O+. The Labute approximate surface area is 35.6 Å². The van der Waals surface area contributed by atoms with E-state index < -0.39 is 5.91 Å². The Morgan fingerprint density at radius 3 is 2.50 bits per heavy atom. The third-order valence-corrected chi connectivity index (χ3v) is 0.414. The molecule has 0 saturated carbocycles. The third-order valence-electron chi connectivity index (χ3n) is 0.414. The Bertz CT molecular complexity index is 91.5. The molecule has 0 saturated heterocycles. The number of amides is 1. The largest absolute Gasteiger partial charge is 0.559 e. The normalized spacial score (nSPS) is 6.67. The van der Waals surface area contributed by atoms with Crippen LogP contribution in [-0.4, -0.2) is 5.91 Å². The van der Waals surface area contributed by atoms with E-state index in [4.69, 9.17) is 5.39 Å². The number of rotatable bonds is 1. The van der Waals surface area contributed by atoms with Crippen molar-refractivity contribution >= 4 is 5.91 Å². The molecule has 3 heteroatoms. The van der Waals surface area contributed by atoms with E-state index in [9.17, 15) is 4.79 Å². The van der Waals surface area contributed by atoms with Crippen molar-refractivity contribution in [3.63, 3.8) is 0 Å². The molecule has 0 heterocycles. The molecule has 0 bridgehead atoms. The lowest BCUT2D eigenvalue weighted by atomic mass is 10.5. The van der Waals surface area contributed by atoms with Crippen LogP contribution in [0.15, 0.2) is 0 Å². The number of diazo groups is 1. The Balaban J connectivity index is 3.33. The topological polar surface area (TPSA) is 45.2 Å². The predicted molar refractivity (Wildman–Crippen MR) is 20.4 cm³/mol. The summed E-state index contributed by atoms with van der Waals surface area (Å²) in [5, 5.41) is 7.61. The molecule has 0 aromatic rings. The number of hydrogen-bond donors (Lipinski definition) is 0. The minimum Gasteiger partial charge on any atom is -0.197 e. The van der Waals surface area contributed by atoms with Gasteiger partial charge in [0.25, 0.3) is 0 Å². The van der Waals surface area contributed by atoms with Crippen LogP contribution >= 0.6 is 0 Å². The van der Waals surface area contributed by atoms with Gasteiger partial charge in [0.15, 0.2) is 0 Å². The van der Waals surface area contributed by atoms with E-state index in [0.29, 0.717) is 0 Å². The second-order valence-corrected chi connectivity index (χ2v) is 0.847. The van der Waals surface area contributed by atoms with Gasteiger partial charge in [0, 0.05) is 0 Å². The lowest BCUT2D eigenvalue weighted by molar-refractivity contribution is -0.114. The number of carbonyl (C=O) groups excluding carboxylic acids is 1. The van der Waals surface area contributed by atoms with Gasteiger partial charge >= 0.3 is 5.91 Å². The van der Waals surface area contributed by atoms with Gasteiger partial charge in [-0.3, -0.25) is 0 Å². The minimum absolute atomic E-state index is 0.274. The summed E-state index contributed by atoms with van der Waals surface area (Å²) in [5.41, 5.74) is 0. The van der Waals surface area contributed by atoms with Crippen LogP contribution in [0, 0.1) is 5.39 Å². The highest BCUT2D eigenvalue weighted by atomic mass is 16.1. The molecule has 0 spiro atoms. The first-order valence-electron chi connectivity index (χ1n) is 1.69. The fourth-order valence-electron chi connectivity index (χ4n) is 0.0707. The fraction of sp³-hybridized carbons (Fsp3) is 0.667. The van der Waals surface area contributed by atoms with Crippen LogP contribution in [-0.2, 0) is 4.79 Å². The van der Waals surface area contributed by atoms with E-state index in [2.05, 4.69) is 4.98 Å². The molecule has 0 radical (unpaired) electrons. The summed E-state index contributed by atoms with van der Waals surface area (Å²) in [6.07, 6.45) is 0.274. The molecule has 0 aliphatic carbocycles. The summed E-state index contributed by atoms with van der Waals surface area (Å²) < 4.78 is 0. The van der Waals surface area contributed by atoms with Gasteiger partial charge in [0.05, 0.1) is 6.42 Å². The molecular weight excluding hydrogens is 80.0 g/mol. The highest BCUT2D eigenvalue weighted by molar-refractivity contribution is 5.84. The number of hydrogen-bond acceptors (Lipinski definition) is 2. The first kappa shape index (κ1) is 5.09. The first-order chi connectivity index (χ1) is 2.81. The summed E-state index contributed by atoms with van der Waals surface area (Å²) in [6, 6.07) is 0. The summed E-state index contributed by atoms with van der Waals surface area (Å²) in [5.74, 6) is -0.477. The van der Waals surface area contributed by atoms with Gasteiger partial charge in [-0.1, -0.05) is 6.92 Å². The van der Waals surface area contributed by atoms with Crippen LogP contribution in [0.25, 0.3) is 4.98 Å². The van der Waals surface area contributed by atoms with Crippen molar-refractivity contribution in [3.8, 4) is 0 Å². The number of nitrogens with zero attached hydrogens (tertiary/aromatic N) is 2. The van der Waals surface area contributed by atoms with Crippen LogP contribution in [0.1, 0.15) is 13.3 Å². The van der Waals surface area contributed by atoms with Gasteiger partial charge in [-0.2, -0.15) is 4.79 Å². The molecule has 0 aliphatic rings. The van der Waals surface area contributed by atoms with Crippen molar-refractivity contribution in [1.82, 2.24) is 0 Å². The van der Waals surface area contributed by atoms with Crippen molar-refractivity contribution in [2.45, 2.75) is 13.3 Å². The van der Waals surface area contributed by atoms with Crippen LogP contribution in [0.5, 0.6) is 0 Å². The smallest absolute Gasteiger partial charge is 0.197 e. The zero-order valence-corrected chi connectivity index (χ0v) is 3.51. The molecule has 0 rings (SSSR count). The van der Waals surface area contributed by atoms with E-state index in [1.54, 1.807) is 6.92 Å². The van der Waals surface area contributed by atoms with E-state index in [-0.39, 0.29) is 6.42 Å². The Kier molecular flexibility index (Phi) is 1.98. The molecule has 6 heavy (non-hydrogen) atoms. The van der Waals surface area contributed by atoms with Gasteiger partial charge in [-0.05, 0) is 0 Å². The monoisotopic (exact) mass is 85.0 g/mol. The molecule has 32 valence electrons. The molecule has 0 atom stereocenters. The van der Waals surface area contributed by atoms with Crippen molar-refractivity contribution in [2.75, 3.05) is 0 Å². The molecule has 1 amide bonds. The quantitative estimate of drug-likeness (QED) is 0.441. The van der Waals surface area contributed by atoms with E-state index >= 15 is 0 Å². The fourth-order valence-corrected chi connectivity index (χ4v) is 0.0707. The van der Waals surface area contributed by atoms with E-state index in [1.165, 1.54) is 0 Å². The van der Waals surface area contributed by atoms with Crippen molar-refractivity contribution in [2.24, 2.45) is 0 Å². The second kappa shape index (κ2) is 2.33. The molecule has 0 N–H and O–H groups in total. The lowest BCUT2D eigenvalue weighted by Crippen LogP contribution is -1.80. The van der Waals surface area contributed by atoms with Crippen LogP contribution in [0.4, 0.5) is 0 Å². The highest BCUT2D eigenvalue weighted by Crippen LogP contribution is 1.76. The summed E-state index contributed by atoms with van der Waals surface area (Å²) in [4.78, 5) is 12.1. The SMILES string of the molecule is CCC(=O)[N+]#N. The predicted octanol–water partition coefficient (Wildman–Crippen LogP) is 0.776. The summed E-state index contributed by atoms with van der Waals surface area (Å²) in [7, 11) is 0. The first-order valence-corrected chi connectivity index (χ1v) is 1.69. The Morgan fingerprint density at radius 2 is 2.50 bits per heavy atom. The minimum atomic E-state index is -0.477. The Hall–Kier alpha value is -0.910. The van der Waals surface area contributed by atoms with Gasteiger partial charge < -0.3 is 0 Å². The third kappa shape index (κ3) is 1.41. The Morgan fingerprint density at radius 1 is 2.00 bits per heavy atom. The highest BCUT2D eigenvalue weighted by Gasteiger charge is 2.06. The van der Waals surface area contributed by atoms with Crippen molar-refractivity contribution < 1.29 is 4.79 Å². The maximum absolute atomic E-state index is 9.76. The molecule has 0 aromatic heterocycles. The average molecular weight is 85.1 g/mol. The molecule has 0 aromatic carbocycles. The zero-order chi connectivity index (χ0) is 4.99. The molecule has 0 fully saturated rings. The lowest BCUT2D eigenvalue weighted by Gasteiger charge is -1.52. The zero-order valence-electron chi connectivity index (χ0n) is 3.51. The van der Waals surface area contributed by atoms with E-state index in [0.717, 1.165) is 0 Å². The van der Waals surface area contributed by atoms with Crippen LogP contribution in [0.3, 0.4) is 0 Å². The van der Waals surface area contributed by atoms with E-state index in [1.807, 2.05) is 0 Å². The standard InChI is InChI=1S/C3H5N2O/c1-2-3(6)5-4/h2H2,1H3/q+1. The average Bonchev–Trinajstić information content (AvgIpc) is 1.65. The number of carbonyl (C=O) groups is 1. The maximum atomic E-state index is 9.76. The van der Waals surface area contributed by atoms with Crippen molar-refractivity contribution in [1.29, 1.82) is 5.39 Å². The van der Waals surface area contributed by atoms with Gasteiger partial charge in [0.2, 0.25) is 10.4 Å². The van der Waals surface area contributed by atoms with Crippen LogP contribution < -0.4 is 0 Å². The molecule has 0 unspecified atom stereocenters. The van der Waals surface area contributed by atoms with Crippen LogP contribution in [0.2, 0.25) is 0 Å². The van der Waals surface area contributed by atoms with Gasteiger partial charge in [-0.15, -0.1) is 0 Å². The van der Waals surface area contributed by atoms with Gasteiger partial charge in [0.1, 0.15) is 0 Å². The molecule has 3 nitrogen and oxygen atoms in total. The molecule has 0 aliphatic heterocycles. The maximum Gasteiger partial charge on any atom is 0.559 e. The second-order valence-electron chi connectivity index (χ2n) is 0.847. The summed E-state index contributed by atoms with van der Waals surface area (Å²) >= 11 is 0.